The van der Waals surface area contributed by atoms with E-state index in [9.17, 15) is 14.1 Å². The summed E-state index contributed by atoms with van der Waals surface area (Å²) in [4.78, 5) is 0. The zero-order valence-electron chi connectivity index (χ0n) is 18.9. The van der Waals surface area contributed by atoms with Gasteiger partial charge < -0.3 is 14.2 Å². The summed E-state index contributed by atoms with van der Waals surface area (Å²) in [6.07, 6.45) is -0.341. The van der Waals surface area contributed by atoms with E-state index in [4.69, 9.17) is 9.05 Å². The maximum atomic E-state index is 14.0. The van der Waals surface area contributed by atoms with Crippen molar-refractivity contribution in [3.63, 3.8) is 0 Å². The molecule has 0 spiro atoms. The van der Waals surface area contributed by atoms with Crippen LogP contribution in [0.25, 0.3) is 0 Å². The minimum Gasteiger partial charge on any atom is -0.388 e. The predicted octanol–water partition coefficient (Wildman–Crippen LogP) is 6.46. The van der Waals surface area contributed by atoms with Gasteiger partial charge in [-0.15, -0.1) is 0 Å². The molecule has 0 bridgehead atoms. The molecule has 0 saturated heterocycles. The van der Waals surface area contributed by atoms with Crippen LogP contribution in [0.5, 0.6) is 0 Å². The van der Waals surface area contributed by atoms with Crippen LogP contribution in [-0.2, 0) is 20.0 Å². The van der Waals surface area contributed by atoms with E-state index in [0.29, 0.717) is 12.0 Å². The molecule has 0 radical (unpaired) electrons. The third kappa shape index (κ3) is 6.24. The monoisotopic (exact) mass is 436 g/mol. The number of aryl methyl sites for hydroxylation is 2. The molecule has 4 nitrogen and oxygen atoms in total. The minimum absolute atomic E-state index is 0.0807. The Balaban J connectivity index is 2.27. The Kier molecular flexibility index (Phi) is 8.81. The van der Waals surface area contributed by atoms with Gasteiger partial charge in [0.15, 0.2) is 0 Å². The van der Waals surface area contributed by atoms with Gasteiger partial charge in [-0.1, -0.05) is 38.1 Å². The van der Waals surface area contributed by atoms with Crippen LogP contribution in [0.2, 0.25) is 0 Å². The molecule has 0 amide bonds. The second kappa shape index (κ2) is 10.7. The van der Waals surface area contributed by atoms with Crippen LogP contribution in [0.1, 0.15) is 73.1 Å². The van der Waals surface area contributed by atoms with Crippen molar-refractivity contribution in [2.24, 2.45) is 0 Å². The van der Waals surface area contributed by atoms with Crippen molar-refractivity contribution in [2.45, 2.75) is 60.0 Å². The first-order valence-corrected chi connectivity index (χ1v) is 12.3. The van der Waals surface area contributed by atoms with Crippen molar-refractivity contribution in [3.05, 3.63) is 69.5 Å². The van der Waals surface area contributed by atoms with Gasteiger partial charge >= 0.3 is 7.60 Å². The molecule has 0 heterocycles. The van der Waals surface area contributed by atoms with Crippen molar-refractivity contribution < 1.29 is 23.1 Å². The number of aliphatic hydroxyl groups is 1. The van der Waals surface area contributed by atoms with Gasteiger partial charge in [0.1, 0.15) is 5.82 Å². The molecular formula is C24H34FO4P. The number of hydrogen-bond acceptors (Lipinski definition) is 4. The van der Waals surface area contributed by atoms with E-state index in [1.54, 1.807) is 13.8 Å². The second-order valence-corrected chi connectivity index (χ2v) is 10.1. The lowest BCUT2D eigenvalue weighted by atomic mass is 9.91. The molecule has 6 heteroatoms. The topological polar surface area (TPSA) is 55.8 Å². The molecular weight excluding hydrogens is 402 g/mol. The fraction of sp³-hybridized carbons (Fsp3) is 0.500. The molecule has 0 aromatic heterocycles. The highest BCUT2D eigenvalue weighted by atomic mass is 31.2. The highest BCUT2D eigenvalue weighted by Gasteiger charge is 2.28. The Hall–Kier alpha value is -1.52. The van der Waals surface area contributed by atoms with Gasteiger partial charge in [0.25, 0.3) is 0 Å². The lowest BCUT2D eigenvalue weighted by Gasteiger charge is -2.22. The summed E-state index contributed by atoms with van der Waals surface area (Å²) >= 11 is 0. The average Bonchev–Trinajstić information content (AvgIpc) is 2.65. The van der Waals surface area contributed by atoms with E-state index in [-0.39, 0.29) is 31.1 Å². The molecule has 1 unspecified atom stereocenters. The van der Waals surface area contributed by atoms with E-state index in [1.165, 1.54) is 6.07 Å². The van der Waals surface area contributed by atoms with Gasteiger partial charge in [0.2, 0.25) is 0 Å². The standard InChI is InChI=1S/C24H34FO4P/c1-7-28-30(27,29-8-2)15-24(26)20-11-17(5)22(18(6)12-20)14-19-9-10-23(25)21(13-19)16(3)4/h9-13,16,24,26H,7-8,14-15H2,1-6H3. The van der Waals surface area contributed by atoms with E-state index >= 15 is 0 Å². The normalized spacial score (nSPS) is 13.1. The van der Waals surface area contributed by atoms with Crippen LogP contribution in [0, 0.1) is 19.7 Å². The number of aliphatic hydroxyl groups excluding tert-OH is 1. The molecule has 2 rings (SSSR count). The van der Waals surface area contributed by atoms with Crippen LogP contribution in [0.4, 0.5) is 4.39 Å². The molecule has 0 saturated carbocycles. The molecule has 0 aliphatic heterocycles. The highest BCUT2D eigenvalue weighted by molar-refractivity contribution is 7.53. The van der Waals surface area contributed by atoms with E-state index in [1.807, 2.05) is 52.0 Å². The molecule has 0 fully saturated rings. The first kappa shape index (κ1) is 24.7. The minimum atomic E-state index is -3.34. The molecule has 0 aliphatic carbocycles. The summed E-state index contributed by atoms with van der Waals surface area (Å²) in [6.45, 7) is 12.0. The van der Waals surface area contributed by atoms with Gasteiger partial charge in [-0.25, -0.2) is 4.39 Å². The molecule has 30 heavy (non-hydrogen) atoms. The van der Waals surface area contributed by atoms with Crippen LogP contribution < -0.4 is 0 Å². The van der Waals surface area contributed by atoms with Gasteiger partial charge in [0.05, 0.1) is 25.5 Å². The SMILES string of the molecule is CCOP(=O)(CC(O)c1cc(C)c(Cc2ccc(F)c(C(C)C)c2)c(C)c1)OCC. The lowest BCUT2D eigenvalue weighted by molar-refractivity contribution is 0.170. The van der Waals surface area contributed by atoms with Crippen LogP contribution in [0.15, 0.2) is 30.3 Å². The zero-order valence-corrected chi connectivity index (χ0v) is 19.8. The van der Waals surface area contributed by atoms with Crippen molar-refractivity contribution in [2.75, 3.05) is 19.4 Å². The van der Waals surface area contributed by atoms with Crippen molar-refractivity contribution in [3.8, 4) is 0 Å². The first-order chi connectivity index (χ1) is 14.1. The van der Waals surface area contributed by atoms with Crippen molar-refractivity contribution >= 4 is 7.60 Å². The number of rotatable bonds is 10. The summed E-state index contributed by atoms with van der Waals surface area (Å²) in [6, 6.07) is 9.13. The smallest absolute Gasteiger partial charge is 0.333 e. The van der Waals surface area contributed by atoms with E-state index < -0.39 is 13.7 Å². The summed E-state index contributed by atoms with van der Waals surface area (Å²) in [5, 5.41) is 10.7. The number of hydrogen-bond donors (Lipinski definition) is 1. The predicted molar refractivity (Wildman–Crippen MR) is 120 cm³/mol. The van der Waals surface area contributed by atoms with Crippen LogP contribution >= 0.6 is 7.60 Å². The Morgan fingerprint density at radius 1 is 1.03 bits per heavy atom. The quantitative estimate of drug-likeness (QED) is 0.435. The first-order valence-electron chi connectivity index (χ1n) is 10.5. The average molecular weight is 437 g/mol. The lowest BCUT2D eigenvalue weighted by Crippen LogP contribution is -2.10. The Morgan fingerprint density at radius 3 is 2.10 bits per heavy atom. The summed E-state index contributed by atoms with van der Waals surface area (Å²) in [5.74, 6) is -0.0512. The maximum Gasteiger partial charge on any atom is 0.333 e. The third-order valence-corrected chi connectivity index (χ3v) is 7.31. The fourth-order valence-corrected chi connectivity index (χ4v) is 5.41. The largest absolute Gasteiger partial charge is 0.388 e. The van der Waals surface area contributed by atoms with Gasteiger partial charge in [-0.3, -0.25) is 4.57 Å². The van der Waals surface area contributed by atoms with Crippen molar-refractivity contribution in [1.82, 2.24) is 0 Å². The van der Waals surface area contributed by atoms with Crippen LogP contribution in [0.3, 0.4) is 0 Å². The van der Waals surface area contributed by atoms with E-state index in [0.717, 1.165) is 27.8 Å². The molecule has 2 aromatic rings. The summed E-state index contributed by atoms with van der Waals surface area (Å²) < 4.78 is 37.4. The number of halogens is 1. The molecule has 1 N–H and O–H groups in total. The molecule has 1 atom stereocenters. The van der Waals surface area contributed by atoms with E-state index in [2.05, 4.69) is 0 Å². The summed E-state index contributed by atoms with van der Waals surface area (Å²) in [5.41, 5.74) is 5.67. The third-order valence-electron chi connectivity index (χ3n) is 5.21. The molecule has 0 aliphatic rings. The van der Waals surface area contributed by atoms with Gasteiger partial charge in [-0.05, 0) is 79.5 Å². The Morgan fingerprint density at radius 2 is 1.60 bits per heavy atom. The van der Waals surface area contributed by atoms with Gasteiger partial charge in [-0.2, -0.15) is 0 Å². The highest BCUT2D eigenvalue weighted by Crippen LogP contribution is 2.50. The second-order valence-electron chi connectivity index (χ2n) is 7.97. The number of benzene rings is 2. The zero-order chi connectivity index (χ0) is 22.5. The van der Waals surface area contributed by atoms with Crippen molar-refractivity contribution in [1.29, 1.82) is 0 Å². The van der Waals surface area contributed by atoms with Crippen LogP contribution in [-0.4, -0.2) is 24.5 Å². The van der Waals surface area contributed by atoms with Gasteiger partial charge in [0, 0.05) is 0 Å². The fourth-order valence-electron chi connectivity index (χ4n) is 3.70. The molecule has 166 valence electrons. The Bertz CT molecular complexity index is 877. The summed E-state index contributed by atoms with van der Waals surface area (Å²) in [7, 11) is -3.34. The maximum absolute atomic E-state index is 14.0. The Labute approximate surface area is 180 Å². The molecule has 2 aromatic carbocycles.